The topological polar surface area (TPSA) is 77.7 Å². The van der Waals surface area contributed by atoms with Crippen LogP contribution in [0, 0.1) is 0 Å². The minimum Gasteiger partial charge on any atom is -0.299 e. The third-order valence-corrected chi connectivity index (χ3v) is 3.58. The van der Waals surface area contributed by atoms with Crippen LogP contribution < -0.4 is 0 Å². The second-order valence-corrected chi connectivity index (χ2v) is 6.19. The summed E-state index contributed by atoms with van der Waals surface area (Å²) in [5, 5.41) is 6.40. The predicted molar refractivity (Wildman–Crippen MR) is 62.3 cm³/mol. The van der Waals surface area contributed by atoms with Gasteiger partial charge in [-0.05, 0) is 12.1 Å². The maximum absolute atomic E-state index is 12.4. The minimum atomic E-state index is -4.50. The van der Waals surface area contributed by atoms with E-state index in [1.807, 2.05) is 0 Å². The molecule has 20 heavy (non-hydrogen) atoms. The number of hydrogen-bond acceptors (Lipinski definition) is 5. The molecule has 0 aliphatic heterocycles. The zero-order chi connectivity index (χ0) is 15.1. The molecule has 0 fully saturated rings. The van der Waals surface area contributed by atoms with E-state index < -0.39 is 25.9 Å². The number of halogens is 4. The lowest BCUT2D eigenvalue weighted by Crippen LogP contribution is -2.06. The van der Waals surface area contributed by atoms with Crippen LogP contribution in [0.3, 0.4) is 0 Å². The van der Waals surface area contributed by atoms with Crippen molar-refractivity contribution in [2.45, 2.75) is 11.3 Å². The van der Waals surface area contributed by atoms with E-state index in [1.54, 1.807) is 0 Å². The fraction of sp³-hybridized carbons (Fsp3) is 0.222. The molecule has 2 aromatic rings. The molecular formula is C9H6ClF3N4O2S. The molecular weight excluding hydrogens is 321 g/mol. The molecule has 0 amide bonds. The highest BCUT2D eigenvalue weighted by molar-refractivity contribution is 8.13. The van der Waals surface area contributed by atoms with Crippen LogP contribution >= 0.6 is 10.7 Å². The zero-order valence-electron chi connectivity index (χ0n) is 9.76. The Morgan fingerprint density at radius 1 is 1.25 bits per heavy atom. The molecule has 0 atom stereocenters. The first-order valence-corrected chi connectivity index (χ1v) is 7.29. The maximum atomic E-state index is 12.4. The van der Waals surface area contributed by atoms with Crippen molar-refractivity contribution in [3.05, 3.63) is 23.9 Å². The van der Waals surface area contributed by atoms with E-state index in [4.69, 9.17) is 10.7 Å². The van der Waals surface area contributed by atoms with Crippen LogP contribution in [0.25, 0.3) is 11.5 Å². The first-order chi connectivity index (χ1) is 9.10. The molecule has 0 bridgehead atoms. The van der Waals surface area contributed by atoms with Crippen molar-refractivity contribution in [3.63, 3.8) is 0 Å². The fourth-order valence-electron chi connectivity index (χ4n) is 1.44. The molecule has 2 aromatic heterocycles. The molecule has 0 aliphatic carbocycles. The summed E-state index contributed by atoms with van der Waals surface area (Å²) < 4.78 is 60.5. The first-order valence-electron chi connectivity index (χ1n) is 4.98. The van der Waals surface area contributed by atoms with Crippen molar-refractivity contribution in [1.82, 2.24) is 19.7 Å². The summed E-state index contributed by atoms with van der Waals surface area (Å²) in [5.74, 6) is -0.0158. The maximum Gasteiger partial charge on any atom is 0.417 e. The van der Waals surface area contributed by atoms with Crippen LogP contribution in [0.5, 0.6) is 0 Å². The SMILES string of the molecule is Cn1c(-c2ccc(C(F)(F)F)cn2)nnc1S(=O)(=O)Cl. The van der Waals surface area contributed by atoms with E-state index in [2.05, 4.69) is 15.2 Å². The number of nitrogens with zero attached hydrogens (tertiary/aromatic N) is 4. The van der Waals surface area contributed by atoms with Crippen molar-refractivity contribution in [2.24, 2.45) is 7.05 Å². The van der Waals surface area contributed by atoms with E-state index in [-0.39, 0.29) is 11.5 Å². The number of rotatable bonds is 2. The third-order valence-electron chi connectivity index (χ3n) is 2.37. The number of aromatic nitrogens is 4. The lowest BCUT2D eigenvalue weighted by Gasteiger charge is -2.06. The van der Waals surface area contributed by atoms with Gasteiger partial charge >= 0.3 is 6.18 Å². The van der Waals surface area contributed by atoms with Crippen LogP contribution in [0.2, 0.25) is 0 Å². The molecule has 0 aromatic carbocycles. The Labute approximate surface area is 115 Å². The van der Waals surface area contributed by atoms with E-state index in [9.17, 15) is 21.6 Å². The van der Waals surface area contributed by atoms with Gasteiger partial charge in [-0.1, -0.05) is 0 Å². The Morgan fingerprint density at radius 3 is 2.30 bits per heavy atom. The van der Waals surface area contributed by atoms with Crippen molar-refractivity contribution >= 4 is 19.7 Å². The Morgan fingerprint density at radius 2 is 1.90 bits per heavy atom. The molecule has 0 radical (unpaired) electrons. The van der Waals surface area contributed by atoms with Gasteiger partial charge in [-0.15, -0.1) is 10.2 Å². The van der Waals surface area contributed by atoms with E-state index in [0.717, 1.165) is 16.7 Å². The molecule has 6 nitrogen and oxygen atoms in total. The molecule has 11 heteroatoms. The van der Waals surface area contributed by atoms with E-state index in [0.29, 0.717) is 6.20 Å². The highest BCUT2D eigenvalue weighted by Crippen LogP contribution is 2.29. The van der Waals surface area contributed by atoms with Crippen molar-refractivity contribution < 1.29 is 21.6 Å². The minimum absolute atomic E-state index is 0.0158. The van der Waals surface area contributed by atoms with Gasteiger partial charge < -0.3 is 0 Å². The molecule has 0 aliphatic rings. The van der Waals surface area contributed by atoms with Crippen molar-refractivity contribution in [1.29, 1.82) is 0 Å². The molecule has 2 heterocycles. The molecule has 108 valence electrons. The van der Waals surface area contributed by atoms with Gasteiger partial charge in [0.15, 0.2) is 5.82 Å². The van der Waals surface area contributed by atoms with Gasteiger partial charge in [-0.3, -0.25) is 9.55 Å². The number of hydrogen-bond donors (Lipinski definition) is 0. The average molecular weight is 327 g/mol. The van der Waals surface area contributed by atoms with Crippen molar-refractivity contribution in [3.8, 4) is 11.5 Å². The van der Waals surface area contributed by atoms with Gasteiger partial charge in [0.25, 0.3) is 14.2 Å². The normalized spacial score (nSPS) is 12.7. The third kappa shape index (κ3) is 2.75. The summed E-state index contributed by atoms with van der Waals surface area (Å²) in [4.78, 5) is 3.59. The summed E-state index contributed by atoms with van der Waals surface area (Å²) in [6.45, 7) is 0. The van der Waals surface area contributed by atoms with E-state index in [1.165, 1.54) is 7.05 Å². The monoisotopic (exact) mass is 326 g/mol. The van der Waals surface area contributed by atoms with Crippen LogP contribution in [0.4, 0.5) is 13.2 Å². The Balaban J connectivity index is 2.46. The predicted octanol–water partition coefficient (Wildman–Crippen LogP) is 1.82. The standard InChI is InChI=1S/C9H6ClF3N4O2S/c1-17-7(15-16-8(17)20(10,18)19)6-3-2-5(4-14-6)9(11,12)13/h2-4H,1H3. The van der Waals surface area contributed by atoms with E-state index >= 15 is 0 Å². The smallest absolute Gasteiger partial charge is 0.299 e. The largest absolute Gasteiger partial charge is 0.417 e. The summed E-state index contributed by atoms with van der Waals surface area (Å²) >= 11 is 0. The molecule has 0 unspecified atom stereocenters. The number of pyridine rings is 1. The highest BCUT2D eigenvalue weighted by Gasteiger charge is 2.31. The van der Waals surface area contributed by atoms with Crippen LogP contribution in [0.15, 0.2) is 23.5 Å². The van der Waals surface area contributed by atoms with Crippen LogP contribution in [0.1, 0.15) is 5.56 Å². The van der Waals surface area contributed by atoms with Crippen LogP contribution in [-0.4, -0.2) is 28.2 Å². The van der Waals surface area contributed by atoms with Gasteiger partial charge in [-0.2, -0.15) is 13.2 Å². The summed E-state index contributed by atoms with van der Waals surface area (Å²) in [5.41, 5.74) is -0.881. The van der Waals surface area contributed by atoms with Gasteiger partial charge in [0.1, 0.15) is 5.69 Å². The average Bonchev–Trinajstić information content (AvgIpc) is 2.70. The van der Waals surface area contributed by atoms with Gasteiger partial charge in [0.05, 0.1) is 5.56 Å². The lowest BCUT2D eigenvalue weighted by molar-refractivity contribution is -0.137. The Hall–Kier alpha value is -1.68. The quantitative estimate of drug-likeness (QED) is 0.787. The van der Waals surface area contributed by atoms with Crippen molar-refractivity contribution in [2.75, 3.05) is 0 Å². The summed E-state index contributed by atoms with van der Waals surface area (Å²) in [6, 6.07) is 1.88. The Kier molecular flexibility index (Phi) is 3.46. The zero-order valence-corrected chi connectivity index (χ0v) is 11.3. The fourth-order valence-corrected chi connectivity index (χ4v) is 2.40. The molecule has 0 saturated heterocycles. The first kappa shape index (κ1) is 14.7. The van der Waals surface area contributed by atoms with Crippen LogP contribution in [-0.2, 0) is 22.3 Å². The molecule has 0 saturated carbocycles. The molecule has 0 N–H and O–H groups in total. The summed E-state index contributed by atoms with van der Waals surface area (Å²) in [6.07, 6.45) is -3.88. The van der Waals surface area contributed by atoms with Gasteiger partial charge in [0.2, 0.25) is 0 Å². The highest BCUT2D eigenvalue weighted by atomic mass is 35.7. The molecule has 2 rings (SSSR count). The van der Waals surface area contributed by atoms with Gasteiger partial charge in [0, 0.05) is 23.9 Å². The molecule has 0 spiro atoms. The lowest BCUT2D eigenvalue weighted by atomic mass is 10.2. The second kappa shape index (κ2) is 4.70. The summed E-state index contributed by atoms with van der Waals surface area (Å²) in [7, 11) is 2.34. The number of alkyl halides is 3. The Bertz CT molecular complexity index is 740. The second-order valence-electron chi connectivity index (χ2n) is 3.73. The van der Waals surface area contributed by atoms with Gasteiger partial charge in [-0.25, -0.2) is 8.42 Å².